The quantitative estimate of drug-likeness (QED) is 0.832. The van der Waals surface area contributed by atoms with Crippen molar-refractivity contribution < 1.29 is 0 Å². The molecule has 0 spiro atoms. The second-order valence-electron chi connectivity index (χ2n) is 5.49. The van der Waals surface area contributed by atoms with E-state index in [0.29, 0.717) is 5.57 Å². The summed E-state index contributed by atoms with van der Waals surface area (Å²) in [6.45, 7) is 6.45. The van der Waals surface area contributed by atoms with Gasteiger partial charge in [-0.1, -0.05) is 26.8 Å². The minimum atomic E-state index is 0.0482. The highest BCUT2D eigenvalue weighted by Gasteiger charge is 2.15. The zero-order chi connectivity index (χ0) is 15.5. The van der Waals surface area contributed by atoms with Crippen LogP contribution >= 0.6 is 15.9 Å². The fraction of sp³-hybridized carbons (Fsp3) is 0.286. The maximum absolute atomic E-state index is 9.14. The van der Waals surface area contributed by atoms with Crippen LogP contribution in [0.1, 0.15) is 32.2 Å². The molecule has 0 unspecified atom stereocenters. The molecule has 0 fully saturated rings. The number of hydrogen-bond acceptors (Lipinski definition) is 5. The van der Waals surface area contributed by atoms with E-state index in [9.17, 15) is 0 Å². The Morgan fingerprint density at radius 3 is 2.76 bits per heavy atom. The van der Waals surface area contributed by atoms with Crippen molar-refractivity contribution in [2.75, 3.05) is 5.32 Å². The number of tetrazole rings is 1. The van der Waals surface area contributed by atoms with Gasteiger partial charge in [0.2, 0.25) is 5.82 Å². The first-order chi connectivity index (χ1) is 9.91. The van der Waals surface area contributed by atoms with E-state index in [1.165, 1.54) is 5.56 Å². The van der Waals surface area contributed by atoms with Gasteiger partial charge in [0.15, 0.2) is 0 Å². The Kier molecular flexibility index (Phi) is 4.38. The molecule has 0 bridgehead atoms. The third-order valence-corrected chi connectivity index (χ3v) is 3.60. The van der Waals surface area contributed by atoms with Crippen LogP contribution in [0, 0.1) is 11.3 Å². The molecule has 0 aliphatic heterocycles. The molecule has 2 rings (SSSR count). The number of benzene rings is 1. The normalized spacial score (nSPS) is 12.0. The molecule has 0 amide bonds. The third-order valence-electron chi connectivity index (χ3n) is 2.91. The Bertz CT molecular complexity index is 691. The summed E-state index contributed by atoms with van der Waals surface area (Å²) in [7, 11) is 0. The van der Waals surface area contributed by atoms with Crippen LogP contribution in [0.5, 0.6) is 0 Å². The number of nitrogens with one attached hydrogen (secondary N) is 2. The van der Waals surface area contributed by atoms with E-state index in [1.54, 1.807) is 6.20 Å². The number of aromatic nitrogens is 4. The summed E-state index contributed by atoms with van der Waals surface area (Å²) in [4.78, 5) is 0. The van der Waals surface area contributed by atoms with Gasteiger partial charge in [0.1, 0.15) is 11.6 Å². The van der Waals surface area contributed by atoms with E-state index in [2.05, 4.69) is 68.7 Å². The Labute approximate surface area is 131 Å². The standard InChI is InChI=1S/C14H15BrN6/c1-14(2,3)10-4-5-11(15)12(6-10)17-8-9(7-16)13-18-20-21-19-13/h4-6,8,17H,1-3H3,(H,18,19,20,21). The fourth-order valence-corrected chi connectivity index (χ4v) is 2.04. The Morgan fingerprint density at radius 1 is 1.43 bits per heavy atom. The van der Waals surface area contributed by atoms with E-state index < -0.39 is 0 Å². The minimum absolute atomic E-state index is 0.0482. The van der Waals surface area contributed by atoms with Gasteiger partial charge in [0, 0.05) is 10.7 Å². The molecule has 0 aliphatic carbocycles. The van der Waals surface area contributed by atoms with Crippen LogP contribution in [0.25, 0.3) is 5.57 Å². The summed E-state index contributed by atoms with van der Waals surface area (Å²) in [5, 5.41) is 25.6. The van der Waals surface area contributed by atoms with E-state index in [-0.39, 0.29) is 11.2 Å². The molecule has 21 heavy (non-hydrogen) atoms. The first-order valence-corrected chi connectivity index (χ1v) is 7.12. The molecule has 0 radical (unpaired) electrons. The van der Waals surface area contributed by atoms with Gasteiger partial charge in [0.25, 0.3) is 0 Å². The zero-order valence-electron chi connectivity index (χ0n) is 12.0. The van der Waals surface area contributed by atoms with Gasteiger partial charge in [-0.15, -0.1) is 10.2 Å². The van der Waals surface area contributed by atoms with Crippen molar-refractivity contribution in [3.63, 3.8) is 0 Å². The highest BCUT2D eigenvalue weighted by molar-refractivity contribution is 9.10. The van der Waals surface area contributed by atoms with Gasteiger partial charge >= 0.3 is 0 Å². The van der Waals surface area contributed by atoms with Crippen molar-refractivity contribution in [3.05, 3.63) is 40.3 Å². The number of nitriles is 1. The molecular weight excluding hydrogens is 332 g/mol. The highest BCUT2D eigenvalue weighted by atomic mass is 79.9. The molecule has 7 heteroatoms. The van der Waals surface area contributed by atoms with E-state index >= 15 is 0 Å². The summed E-state index contributed by atoms with van der Waals surface area (Å²) >= 11 is 3.49. The van der Waals surface area contributed by atoms with Crippen LogP contribution in [0.3, 0.4) is 0 Å². The lowest BCUT2D eigenvalue weighted by Crippen LogP contribution is -2.11. The Balaban J connectivity index is 2.29. The van der Waals surface area contributed by atoms with Gasteiger partial charge < -0.3 is 5.32 Å². The first-order valence-electron chi connectivity index (χ1n) is 6.32. The molecule has 6 nitrogen and oxygen atoms in total. The molecule has 2 N–H and O–H groups in total. The van der Waals surface area contributed by atoms with Gasteiger partial charge in [0.05, 0.1) is 5.69 Å². The molecule has 1 heterocycles. The summed E-state index contributed by atoms with van der Waals surface area (Å²) in [5.41, 5.74) is 2.42. The molecule has 2 aromatic rings. The molecule has 0 atom stereocenters. The minimum Gasteiger partial charge on any atom is -0.359 e. The maximum Gasteiger partial charge on any atom is 0.216 e. The van der Waals surface area contributed by atoms with Gasteiger partial charge in [-0.05, 0) is 44.3 Å². The lowest BCUT2D eigenvalue weighted by atomic mass is 9.87. The van der Waals surface area contributed by atoms with E-state index in [1.807, 2.05) is 18.2 Å². The molecule has 1 aromatic heterocycles. The van der Waals surface area contributed by atoms with E-state index in [4.69, 9.17) is 5.26 Å². The molecular formula is C14H15BrN6. The Hall–Kier alpha value is -2.20. The fourth-order valence-electron chi connectivity index (χ4n) is 1.68. The van der Waals surface area contributed by atoms with Crippen molar-refractivity contribution in [2.24, 2.45) is 0 Å². The zero-order valence-corrected chi connectivity index (χ0v) is 13.6. The summed E-state index contributed by atoms with van der Waals surface area (Å²) < 4.78 is 0.914. The maximum atomic E-state index is 9.14. The summed E-state index contributed by atoms with van der Waals surface area (Å²) in [5.74, 6) is 0.257. The lowest BCUT2D eigenvalue weighted by molar-refractivity contribution is 0.590. The second kappa shape index (κ2) is 6.06. The molecule has 0 aliphatic rings. The van der Waals surface area contributed by atoms with Gasteiger partial charge in [-0.25, -0.2) is 0 Å². The predicted octanol–water partition coefficient (Wildman–Crippen LogP) is 3.24. The molecule has 1 aromatic carbocycles. The van der Waals surface area contributed by atoms with Crippen LogP contribution < -0.4 is 5.32 Å². The van der Waals surface area contributed by atoms with Crippen molar-refractivity contribution >= 4 is 27.2 Å². The number of H-pyrrole nitrogens is 1. The second-order valence-corrected chi connectivity index (χ2v) is 6.35. The number of rotatable bonds is 3. The average molecular weight is 347 g/mol. The van der Waals surface area contributed by atoms with Crippen LogP contribution in [-0.4, -0.2) is 20.6 Å². The molecule has 0 saturated heterocycles. The molecule has 108 valence electrons. The van der Waals surface area contributed by atoms with Crippen LogP contribution in [0.15, 0.2) is 28.9 Å². The topological polar surface area (TPSA) is 90.3 Å². The predicted molar refractivity (Wildman–Crippen MR) is 84.2 cm³/mol. The number of nitrogens with zero attached hydrogens (tertiary/aromatic N) is 4. The van der Waals surface area contributed by atoms with Crippen molar-refractivity contribution in [2.45, 2.75) is 26.2 Å². The van der Waals surface area contributed by atoms with Crippen molar-refractivity contribution in [1.82, 2.24) is 20.6 Å². The number of aromatic amines is 1. The van der Waals surface area contributed by atoms with Gasteiger partial charge in [-0.3, -0.25) is 0 Å². The summed E-state index contributed by atoms with van der Waals surface area (Å²) in [6.07, 6.45) is 1.57. The van der Waals surface area contributed by atoms with Crippen molar-refractivity contribution in [3.8, 4) is 6.07 Å². The van der Waals surface area contributed by atoms with Crippen LogP contribution in [0.2, 0.25) is 0 Å². The van der Waals surface area contributed by atoms with E-state index in [0.717, 1.165) is 10.2 Å². The Morgan fingerprint density at radius 2 is 2.19 bits per heavy atom. The summed E-state index contributed by atoms with van der Waals surface area (Å²) in [6, 6.07) is 8.14. The monoisotopic (exact) mass is 346 g/mol. The highest BCUT2D eigenvalue weighted by Crippen LogP contribution is 2.30. The number of allylic oxidation sites excluding steroid dienone is 1. The smallest absolute Gasteiger partial charge is 0.216 e. The number of hydrogen-bond donors (Lipinski definition) is 2. The lowest BCUT2D eigenvalue weighted by Gasteiger charge is -2.20. The average Bonchev–Trinajstić information content (AvgIpc) is 2.94. The van der Waals surface area contributed by atoms with Gasteiger partial charge in [-0.2, -0.15) is 10.5 Å². The SMILES string of the molecule is CC(C)(C)c1ccc(Br)c(NC=C(C#N)c2nn[nH]n2)c1. The van der Waals surface area contributed by atoms with Crippen LogP contribution in [-0.2, 0) is 5.41 Å². The van der Waals surface area contributed by atoms with Crippen molar-refractivity contribution in [1.29, 1.82) is 5.26 Å². The number of halogens is 1. The first kappa shape index (κ1) is 15.2. The largest absolute Gasteiger partial charge is 0.359 e. The number of anilines is 1. The molecule has 0 saturated carbocycles. The third kappa shape index (κ3) is 3.67. The van der Waals surface area contributed by atoms with Crippen LogP contribution in [0.4, 0.5) is 5.69 Å².